The van der Waals surface area contributed by atoms with Gasteiger partial charge in [0.15, 0.2) is 5.82 Å². The highest BCUT2D eigenvalue weighted by Crippen LogP contribution is 2.22. The van der Waals surface area contributed by atoms with Gasteiger partial charge in [0.05, 0.1) is 6.61 Å². The zero-order valence-electron chi connectivity index (χ0n) is 10.7. The molecule has 1 aromatic heterocycles. The summed E-state index contributed by atoms with van der Waals surface area (Å²) < 4.78 is 5.51. The molecule has 0 fully saturated rings. The standard InChI is InChI=1S/C13H18N4O/c1-3-8-18-11-6-4-10(5-7-11)17-13-12(14)15-9(2)16-13/h4-7,17H,3,8,14H2,1-2H3,(H,15,16). The van der Waals surface area contributed by atoms with Crippen LogP contribution in [-0.4, -0.2) is 16.6 Å². The van der Waals surface area contributed by atoms with Crippen LogP contribution < -0.4 is 15.8 Å². The molecule has 0 atom stereocenters. The first-order valence-corrected chi connectivity index (χ1v) is 6.01. The van der Waals surface area contributed by atoms with E-state index in [9.17, 15) is 0 Å². The Morgan fingerprint density at radius 1 is 1.33 bits per heavy atom. The van der Waals surface area contributed by atoms with Gasteiger partial charge in [-0.05, 0) is 37.6 Å². The average molecular weight is 246 g/mol. The third kappa shape index (κ3) is 2.94. The van der Waals surface area contributed by atoms with Gasteiger partial charge >= 0.3 is 0 Å². The van der Waals surface area contributed by atoms with Gasteiger partial charge in [-0.15, -0.1) is 0 Å². The predicted octanol–water partition coefficient (Wildman–Crippen LogP) is 2.83. The van der Waals surface area contributed by atoms with Gasteiger partial charge in [0.1, 0.15) is 17.4 Å². The van der Waals surface area contributed by atoms with E-state index in [0.29, 0.717) is 11.6 Å². The fourth-order valence-corrected chi connectivity index (χ4v) is 1.60. The second-order valence-corrected chi connectivity index (χ2v) is 4.08. The molecule has 0 aliphatic heterocycles. The lowest BCUT2D eigenvalue weighted by atomic mass is 10.3. The second-order valence-electron chi connectivity index (χ2n) is 4.08. The van der Waals surface area contributed by atoms with Gasteiger partial charge in [0.2, 0.25) is 0 Å². The molecule has 0 bridgehead atoms. The van der Waals surface area contributed by atoms with Crippen LogP contribution in [0.2, 0.25) is 0 Å². The molecule has 0 unspecified atom stereocenters. The summed E-state index contributed by atoms with van der Waals surface area (Å²) in [6.45, 7) is 4.68. The minimum absolute atomic E-state index is 0.541. The van der Waals surface area contributed by atoms with Crippen molar-refractivity contribution in [2.24, 2.45) is 0 Å². The Bertz CT molecular complexity index is 504. The lowest BCUT2D eigenvalue weighted by molar-refractivity contribution is 0.317. The highest BCUT2D eigenvalue weighted by molar-refractivity contribution is 5.66. The number of nitrogens with zero attached hydrogens (tertiary/aromatic N) is 1. The van der Waals surface area contributed by atoms with Gasteiger partial charge in [-0.25, -0.2) is 4.98 Å². The summed E-state index contributed by atoms with van der Waals surface area (Å²) in [6.07, 6.45) is 1.00. The first kappa shape index (κ1) is 12.3. The van der Waals surface area contributed by atoms with Crippen molar-refractivity contribution >= 4 is 17.3 Å². The van der Waals surface area contributed by atoms with Crippen LogP contribution in [0.3, 0.4) is 0 Å². The summed E-state index contributed by atoms with van der Waals surface area (Å²) in [5.74, 6) is 2.85. The lowest BCUT2D eigenvalue weighted by Gasteiger charge is -2.07. The number of hydrogen-bond acceptors (Lipinski definition) is 4. The van der Waals surface area contributed by atoms with Crippen LogP contribution in [-0.2, 0) is 0 Å². The number of nitrogens with two attached hydrogens (primary N) is 1. The number of hydrogen-bond donors (Lipinski definition) is 3. The maximum absolute atomic E-state index is 5.78. The number of anilines is 3. The van der Waals surface area contributed by atoms with E-state index in [1.165, 1.54) is 0 Å². The van der Waals surface area contributed by atoms with E-state index in [1.54, 1.807) is 0 Å². The zero-order valence-corrected chi connectivity index (χ0v) is 10.7. The van der Waals surface area contributed by atoms with Crippen molar-refractivity contribution in [3.8, 4) is 5.75 Å². The monoisotopic (exact) mass is 246 g/mol. The van der Waals surface area contributed by atoms with Gasteiger partial charge in [-0.2, -0.15) is 0 Å². The Labute approximate surface area is 106 Å². The second kappa shape index (κ2) is 5.44. The Morgan fingerprint density at radius 3 is 2.61 bits per heavy atom. The highest BCUT2D eigenvalue weighted by atomic mass is 16.5. The van der Waals surface area contributed by atoms with Crippen molar-refractivity contribution in [2.45, 2.75) is 20.3 Å². The van der Waals surface area contributed by atoms with Gasteiger partial charge in [0.25, 0.3) is 0 Å². The molecule has 0 amide bonds. The molecule has 18 heavy (non-hydrogen) atoms. The van der Waals surface area contributed by atoms with E-state index in [4.69, 9.17) is 10.5 Å². The van der Waals surface area contributed by atoms with E-state index in [-0.39, 0.29) is 0 Å². The molecule has 0 saturated heterocycles. The third-order valence-electron chi connectivity index (χ3n) is 2.44. The molecule has 5 heteroatoms. The van der Waals surface area contributed by atoms with Crippen LogP contribution in [0.4, 0.5) is 17.3 Å². The van der Waals surface area contributed by atoms with Crippen LogP contribution in [0, 0.1) is 6.92 Å². The zero-order chi connectivity index (χ0) is 13.0. The topological polar surface area (TPSA) is 76.0 Å². The minimum atomic E-state index is 0.541. The Hall–Kier alpha value is -2.17. The molecule has 2 rings (SSSR count). The van der Waals surface area contributed by atoms with Crippen molar-refractivity contribution in [3.63, 3.8) is 0 Å². The predicted molar refractivity (Wildman–Crippen MR) is 73.2 cm³/mol. The molecule has 4 N–H and O–H groups in total. The Balaban J connectivity index is 2.04. The number of rotatable bonds is 5. The van der Waals surface area contributed by atoms with Crippen LogP contribution in [0.1, 0.15) is 19.2 Å². The van der Waals surface area contributed by atoms with E-state index in [1.807, 2.05) is 31.2 Å². The maximum Gasteiger partial charge on any atom is 0.173 e. The van der Waals surface area contributed by atoms with Crippen LogP contribution in [0.5, 0.6) is 5.75 Å². The summed E-state index contributed by atoms with van der Waals surface area (Å²) in [6, 6.07) is 7.73. The first-order valence-electron chi connectivity index (χ1n) is 6.01. The number of nitrogens with one attached hydrogen (secondary N) is 2. The molecule has 96 valence electrons. The third-order valence-corrected chi connectivity index (χ3v) is 2.44. The van der Waals surface area contributed by atoms with Crippen LogP contribution in [0.15, 0.2) is 24.3 Å². The lowest BCUT2D eigenvalue weighted by Crippen LogP contribution is -1.97. The minimum Gasteiger partial charge on any atom is -0.494 e. The fourth-order valence-electron chi connectivity index (χ4n) is 1.60. The summed E-state index contributed by atoms with van der Waals surface area (Å²) >= 11 is 0. The summed E-state index contributed by atoms with van der Waals surface area (Å²) in [5.41, 5.74) is 6.71. The number of H-pyrrole nitrogens is 1. The average Bonchev–Trinajstić information content (AvgIpc) is 2.67. The quantitative estimate of drug-likeness (QED) is 0.758. The van der Waals surface area contributed by atoms with E-state index >= 15 is 0 Å². The summed E-state index contributed by atoms with van der Waals surface area (Å²) in [7, 11) is 0. The van der Waals surface area contributed by atoms with E-state index in [0.717, 1.165) is 30.3 Å². The van der Waals surface area contributed by atoms with Crippen molar-refractivity contribution in [2.75, 3.05) is 17.7 Å². The van der Waals surface area contributed by atoms with Gasteiger partial charge in [-0.1, -0.05) is 6.92 Å². The molecule has 0 radical (unpaired) electrons. The smallest absolute Gasteiger partial charge is 0.173 e. The largest absolute Gasteiger partial charge is 0.494 e. The number of ether oxygens (including phenoxy) is 1. The van der Waals surface area contributed by atoms with Gasteiger partial charge < -0.3 is 20.8 Å². The number of nitrogen functional groups attached to an aromatic ring is 1. The SMILES string of the molecule is CCCOc1ccc(Nc2nc(C)[nH]c2N)cc1. The summed E-state index contributed by atoms with van der Waals surface area (Å²) in [4.78, 5) is 7.20. The Kier molecular flexibility index (Phi) is 3.72. The number of aryl methyl sites for hydroxylation is 1. The van der Waals surface area contributed by atoms with Gasteiger partial charge in [0, 0.05) is 5.69 Å². The molecule has 0 aliphatic carbocycles. The molecule has 1 heterocycles. The number of benzene rings is 1. The van der Waals surface area contributed by atoms with Gasteiger partial charge in [-0.3, -0.25) is 0 Å². The van der Waals surface area contributed by atoms with Crippen molar-refractivity contribution in [1.82, 2.24) is 9.97 Å². The van der Waals surface area contributed by atoms with Crippen LogP contribution >= 0.6 is 0 Å². The number of aromatic amines is 1. The number of imidazole rings is 1. The maximum atomic E-state index is 5.78. The van der Waals surface area contributed by atoms with Crippen molar-refractivity contribution in [3.05, 3.63) is 30.1 Å². The van der Waals surface area contributed by atoms with Crippen LogP contribution in [0.25, 0.3) is 0 Å². The fraction of sp³-hybridized carbons (Fsp3) is 0.308. The summed E-state index contributed by atoms with van der Waals surface area (Å²) in [5, 5.41) is 3.15. The molecule has 1 aromatic carbocycles. The Morgan fingerprint density at radius 2 is 2.06 bits per heavy atom. The van der Waals surface area contributed by atoms with E-state index < -0.39 is 0 Å². The molecule has 2 aromatic rings. The van der Waals surface area contributed by atoms with Crippen molar-refractivity contribution < 1.29 is 4.74 Å². The normalized spacial score (nSPS) is 10.3. The molecule has 0 saturated carbocycles. The molecule has 0 aliphatic rings. The van der Waals surface area contributed by atoms with Crippen molar-refractivity contribution in [1.29, 1.82) is 0 Å². The molecule has 5 nitrogen and oxygen atoms in total. The van der Waals surface area contributed by atoms with E-state index in [2.05, 4.69) is 22.2 Å². The molecular weight excluding hydrogens is 228 g/mol. The first-order chi connectivity index (χ1) is 8.69. The molecule has 0 spiro atoms. The number of aromatic nitrogens is 2. The highest BCUT2D eigenvalue weighted by Gasteiger charge is 2.04. The molecular formula is C13H18N4O.